The average molecular weight is 311 g/mol. The first-order chi connectivity index (χ1) is 11.1. The van der Waals surface area contributed by atoms with Gasteiger partial charge in [0.2, 0.25) is 0 Å². The van der Waals surface area contributed by atoms with Crippen LogP contribution in [0, 0.1) is 6.92 Å². The van der Waals surface area contributed by atoms with Gasteiger partial charge in [-0.1, -0.05) is 18.2 Å². The third kappa shape index (κ3) is 2.94. The zero-order chi connectivity index (χ0) is 16.4. The Labute approximate surface area is 132 Å². The zero-order valence-corrected chi connectivity index (χ0v) is 12.8. The molecule has 0 aliphatic rings. The van der Waals surface area contributed by atoms with Gasteiger partial charge in [-0.25, -0.2) is 4.68 Å². The molecular weight excluding hydrogens is 294 g/mol. The molecule has 0 bridgehead atoms. The van der Waals surface area contributed by atoms with Crippen molar-refractivity contribution >= 4 is 5.91 Å². The van der Waals surface area contributed by atoms with Crippen LogP contribution in [0.4, 0.5) is 0 Å². The van der Waals surface area contributed by atoms with Gasteiger partial charge in [-0.3, -0.25) is 19.8 Å². The molecule has 0 radical (unpaired) electrons. The van der Waals surface area contributed by atoms with Crippen LogP contribution in [0.2, 0.25) is 0 Å². The van der Waals surface area contributed by atoms with E-state index in [-0.39, 0.29) is 23.2 Å². The highest BCUT2D eigenvalue weighted by Gasteiger charge is 2.17. The number of amides is 1. The van der Waals surface area contributed by atoms with Crippen molar-refractivity contribution in [3.05, 3.63) is 69.9 Å². The molecule has 0 saturated carbocycles. The quantitative estimate of drug-likeness (QED) is 0.684. The first-order valence-corrected chi connectivity index (χ1v) is 7.25. The second-order valence-corrected chi connectivity index (χ2v) is 5.30. The third-order valence-electron chi connectivity index (χ3n) is 3.70. The van der Waals surface area contributed by atoms with E-state index < -0.39 is 0 Å². The van der Waals surface area contributed by atoms with Gasteiger partial charge in [-0.2, -0.15) is 5.10 Å². The minimum atomic E-state index is -0.345. The largest absolute Gasteiger partial charge is 0.344 e. The Kier molecular flexibility index (Phi) is 3.84. The highest BCUT2D eigenvalue weighted by Crippen LogP contribution is 2.20. The van der Waals surface area contributed by atoms with Crippen molar-refractivity contribution < 1.29 is 4.79 Å². The molecule has 0 aliphatic heterocycles. The van der Waals surface area contributed by atoms with Crippen LogP contribution in [-0.2, 0) is 0 Å². The van der Waals surface area contributed by atoms with Crippen LogP contribution in [0.15, 0.2) is 47.4 Å². The maximum Gasteiger partial charge on any atom is 0.269 e. The van der Waals surface area contributed by atoms with Crippen molar-refractivity contribution in [1.29, 1.82) is 0 Å². The van der Waals surface area contributed by atoms with Crippen molar-refractivity contribution in [2.75, 3.05) is 0 Å². The Morgan fingerprint density at radius 3 is 2.65 bits per heavy atom. The smallest absolute Gasteiger partial charge is 0.269 e. The standard InChI is InChI=1S/C16H17N5O2/c1-10(18-16(23)14-8-15(22)20-19-14)13-9-17-21(11(13)2)12-6-4-3-5-7-12/h3-10H,1-2H3,(H,18,23)(H2,19,20,22)/t10-/m0/s1. The maximum atomic E-state index is 12.1. The van der Waals surface area contributed by atoms with E-state index in [4.69, 9.17) is 0 Å². The summed E-state index contributed by atoms with van der Waals surface area (Å²) in [5.74, 6) is -0.345. The molecule has 1 aromatic carbocycles. The molecule has 0 aliphatic carbocycles. The van der Waals surface area contributed by atoms with E-state index in [1.54, 1.807) is 6.20 Å². The van der Waals surface area contributed by atoms with Crippen molar-refractivity contribution in [2.24, 2.45) is 0 Å². The SMILES string of the molecule is Cc1c([C@H](C)NC(=O)c2cc(=O)[nH][nH]2)cnn1-c1ccccc1. The van der Waals surface area contributed by atoms with Gasteiger partial charge in [0.1, 0.15) is 5.69 Å². The maximum absolute atomic E-state index is 12.1. The van der Waals surface area contributed by atoms with Gasteiger partial charge in [0.05, 0.1) is 17.9 Å². The first-order valence-electron chi connectivity index (χ1n) is 7.25. The molecule has 2 aromatic heterocycles. The van der Waals surface area contributed by atoms with Crippen molar-refractivity contribution in [3.63, 3.8) is 0 Å². The number of hydrogen-bond donors (Lipinski definition) is 3. The van der Waals surface area contributed by atoms with E-state index >= 15 is 0 Å². The summed E-state index contributed by atoms with van der Waals surface area (Å²) >= 11 is 0. The summed E-state index contributed by atoms with van der Waals surface area (Å²) < 4.78 is 1.83. The highest BCUT2D eigenvalue weighted by atomic mass is 16.2. The van der Waals surface area contributed by atoms with Crippen LogP contribution < -0.4 is 10.9 Å². The number of H-pyrrole nitrogens is 2. The normalized spacial score (nSPS) is 12.1. The van der Waals surface area contributed by atoms with E-state index in [0.717, 1.165) is 16.9 Å². The number of benzene rings is 1. The molecule has 3 aromatic rings. The van der Waals surface area contributed by atoms with Crippen LogP contribution in [0.1, 0.15) is 34.7 Å². The van der Waals surface area contributed by atoms with E-state index in [9.17, 15) is 9.59 Å². The number of hydrogen-bond acceptors (Lipinski definition) is 3. The highest BCUT2D eigenvalue weighted by molar-refractivity contribution is 5.92. The predicted octanol–water partition coefficient (Wildman–Crippen LogP) is 1.69. The Bertz CT molecular complexity index is 875. The third-order valence-corrected chi connectivity index (χ3v) is 3.70. The van der Waals surface area contributed by atoms with Crippen LogP contribution >= 0.6 is 0 Å². The summed E-state index contributed by atoms with van der Waals surface area (Å²) in [7, 11) is 0. The number of aromatic nitrogens is 4. The van der Waals surface area contributed by atoms with E-state index in [2.05, 4.69) is 20.6 Å². The van der Waals surface area contributed by atoms with Gasteiger partial charge in [0.15, 0.2) is 0 Å². The number of carbonyl (C=O) groups excluding carboxylic acids is 1. The lowest BCUT2D eigenvalue weighted by molar-refractivity contribution is 0.0934. The molecule has 0 spiro atoms. The van der Waals surface area contributed by atoms with E-state index in [1.165, 1.54) is 6.07 Å². The van der Waals surface area contributed by atoms with Gasteiger partial charge in [-0.05, 0) is 26.0 Å². The average Bonchev–Trinajstić information content (AvgIpc) is 3.14. The Balaban J connectivity index is 1.81. The van der Waals surface area contributed by atoms with Gasteiger partial charge < -0.3 is 5.32 Å². The molecule has 118 valence electrons. The molecule has 1 atom stereocenters. The Hall–Kier alpha value is -3.09. The molecule has 0 fully saturated rings. The first kappa shape index (κ1) is 14.8. The summed E-state index contributed by atoms with van der Waals surface area (Å²) in [5.41, 5.74) is 2.70. The van der Waals surface area contributed by atoms with Crippen molar-refractivity contribution in [1.82, 2.24) is 25.3 Å². The van der Waals surface area contributed by atoms with E-state index in [0.29, 0.717) is 0 Å². The lowest BCUT2D eigenvalue weighted by atomic mass is 10.1. The molecule has 0 saturated heterocycles. The molecule has 7 heteroatoms. The molecule has 0 unspecified atom stereocenters. The van der Waals surface area contributed by atoms with Gasteiger partial charge in [0.25, 0.3) is 11.5 Å². The summed E-state index contributed by atoms with van der Waals surface area (Å²) in [4.78, 5) is 23.2. The number of para-hydroxylation sites is 1. The minimum absolute atomic E-state index is 0.204. The Morgan fingerprint density at radius 2 is 2.00 bits per heavy atom. The molecule has 1 amide bonds. The minimum Gasteiger partial charge on any atom is -0.344 e. The van der Waals surface area contributed by atoms with Crippen molar-refractivity contribution in [3.8, 4) is 5.69 Å². The molecule has 3 rings (SSSR count). The molecule has 7 nitrogen and oxygen atoms in total. The van der Waals surface area contributed by atoms with Crippen LogP contribution in [-0.4, -0.2) is 25.9 Å². The lowest BCUT2D eigenvalue weighted by Crippen LogP contribution is -2.27. The summed E-state index contributed by atoms with van der Waals surface area (Å²) in [6, 6.07) is 10.8. The number of nitrogens with one attached hydrogen (secondary N) is 3. The Morgan fingerprint density at radius 1 is 1.26 bits per heavy atom. The predicted molar refractivity (Wildman–Crippen MR) is 85.6 cm³/mol. The number of carbonyl (C=O) groups is 1. The molecule has 3 N–H and O–H groups in total. The van der Waals surface area contributed by atoms with Crippen LogP contribution in [0.5, 0.6) is 0 Å². The summed E-state index contributed by atoms with van der Waals surface area (Å²) in [6.45, 7) is 3.83. The monoisotopic (exact) mass is 311 g/mol. The van der Waals surface area contributed by atoms with Gasteiger partial charge in [0, 0.05) is 17.3 Å². The van der Waals surface area contributed by atoms with Crippen molar-refractivity contribution in [2.45, 2.75) is 19.9 Å². The fourth-order valence-corrected chi connectivity index (χ4v) is 2.48. The topological polar surface area (TPSA) is 95.6 Å². The molecule has 23 heavy (non-hydrogen) atoms. The van der Waals surface area contributed by atoms with Gasteiger partial charge in [-0.15, -0.1) is 0 Å². The second-order valence-electron chi connectivity index (χ2n) is 5.30. The number of rotatable bonds is 4. The van der Waals surface area contributed by atoms with E-state index in [1.807, 2.05) is 48.9 Å². The second kappa shape index (κ2) is 5.96. The molecule has 2 heterocycles. The number of aromatic amines is 2. The van der Waals surface area contributed by atoms with Crippen LogP contribution in [0.25, 0.3) is 5.69 Å². The summed E-state index contributed by atoms with van der Waals surface area (Å²) in [6.07, 6.45) is 1.74. The number of nitrogens with zero attached hydrogens (tertiary/aromatic N) is 2. The fraction of sp³-hybridized carbons (Fsp3) is 0.188. The fourth-order valence-electron chi connectivity index (χ4n) is 2.48. The van der Waals surface area contributed by atoms with Gasteiger partial charge >= 0.3 is 0 Å². The molecular formula is C16H17N5O2. The summed E-state index contributed by atoms with van der Waals surface area (Å²) in [5, 5.41) is 12.1. The zero-order valence-electron chi connectivity index (χ0n) is 12.8. The van der Waals surface area contributed by atoms with Crippen LogP contribution in [0.3, 0.4) is 0 Å². The lowest BCUT2D eigenvalue weighted by Gasteiger charge is -2.13.